The number of nitrogens with zero attached hydrogens (tertiary/aromatic N) is 1. The minimum absolute atomic E-state index is 0.269. The predicted octanol–water partition coefficient (Wildman–Crippen LogP) is 2.12. The second-order valence-corrected chi connectivity index (χ2v) is 3.56. The van der Waals surface area contributed by atoms with Crippen molar-refractivity contribution in [3.05, 3.63) is 28.5 Å². The molecule has 0 saturated heterocycles. The van der Waals surface area contributed by atoms with Gasteiger partial charge in [0.05, 0.1) is 18.7 Å². The quantitative estimate of drug-likeness (QED) is 0.748. The van der Waals surface area contributed by atoms with Crippen LogP contribution < -0.4 is 0 Å². The van der Waals surface area contributed by atoms with E-state index in [2.05, 4.69) is 25.7 Å². The van der Waals surface area contributed by atoms with Gasteiger partial charge >= 0.3 is 5.97 Å². The number of pyridine rings is 1. The van der Waals surface area contributed by atoms with Crippen molar-refractivity contribution in [1.29, 1.82) is 0 Å². The number of rotatable bonds is 2. The Hall–Kier alpha value is -0.900. The summed E-state index contributed by atoms with van der Waals surface area (Å²) in [6.07, 6.45) is 1.66. The summed E-state index contributed by atoms with van der Waals surface area (Å²) in [6, 6.07) is 3.65. The molecular formula is C9H10BrNO2. The molecule has 4 heteroatoms. The van der Waals surface area contributed by atoms with Crippen LogP contribution in [0, 0.1) is 0 Å². The molecule has 0 fully saturated rings. The van der Waals surface area contributed by atoms with Crippen LogP contribution in [-0.2, 0) is 9.53 Å². The molecule has 0 spiro atoms. The van der Waals surface area contributed by atoms with Crippen molar-refractivity contribution in [2.24, 2.45) is 0 Å². The zero-order chi connectivity index (χ0) is 9.84. The number of aromatic nitrogens is 1. The smallest absolute Gasteiger partial charge is 0.314 e. The van der Waals surface area contributed by atoms with Gasteiger partial charge in [-0.05, 0) is 35.0 Å². The third-order valence-electron chi connectivity index (χ3n) is 1.75. The van der Waals surface area contributed by atoms with Crippen molar-refractivity contribution < 1.29 is 9.53 Å². The highest BCUT2D eigenvalue weighted by Crippen LogP contribution is 2.16. The maximum Gasteiger partial charge on any atom is 0.314 e. The lowest BCUT2D eigenvalue weighted by Gasteiger charge is -2.07. The lowest BCUT2D eigenvalue weighted by molar-refractivity contribution is -0.142. The normalized spacial score (nSPS) is 12.2. The maximum absolute atomic E-state index is 11.1. The summed E-state index contributed by atoms with van der Waals surface area (Å²) >= 11 is 3.27. The Bertz CT molecular complexity index is 297. The zero-order valence-electron chi connectivity index (χ0n) is 7.45. The van der Waals surface area contributed by atoms with E-state index in [1.807, 2.05) is 6.07 Å². The fourth-order valence-corrected chi connectivity index (χ4v) is 1.18. The molecule has 0 aliphatic heterocycles. The van der Waals surface area contributed by atoms with Gasteiger partial charge in [0.15, 0.2) is 0 Å². The Kier molecular flexibility index (Phi) is 3.42. The number of ether oxygens (including phenoxy) is 1. The van der Waals surface area contributed by atoms with E-state index in [4.69, 9.17) is 0 Å². The fourth-order valence-electron chi connectivity index (χ4n) is 0.941. The number of carbonyl (C=O) groups is 1. The van der Waals surface area contributed by atoms with Gasteiger partial charge in [0, 0.05) is 10.7 Å². The van der Waals surface area contributed by atoms with Crippen LogP contribution in [0.4, 0.5) is 0 Å². The molecule has 1 aromatic heterocycles. The molecule has 1 rings (SSSR count). The van der Waals surface area contributed by atoms with Gasteiger partial charge in [-0.15, -0.1) is 0 Å². The second kappa shape index (κ2) is 4.37. The van der Waals surface area contributed by atoms with E-state index >= 15 is 0 Å². The third-order valence-corrected chi connectivity index (χ3v) is 2.22. The lowest BCUT2D eigenvalue weighted by Crippen LogP contribution is -2.11. The van der Waals surface area contributed by atoms with E-state index < -0.39 is 0 Å². The first-order valence-electron chi connectivity index (χ1n) is 3.84. The van der Waals surface area contributed by atoms with Gasteiger partial charge in [0.1, 0.15) is 0 Å². The Labute approximate surface area is 85.3 Å². The molecule has 0 N–H and O–H groups in total. The van der Waals surface area contributed by atoms with Crippen LogP contribution in [0.1, 0.15) is 18.5 Å². The van der Waals surface area contributed by atoms with Crippen LogP contribution in [0.25, 0.3) is 0 Å². The maximum atomic E-state index is 11.1. The Balaban J connectivity index is 2.83. The minimum Gasteiger partial charge on any atom is -0.469 e. The standard InChI is InChI=1S/C9H10BrNO2/c1-6(9(12)13-2)8-4-3-7(10)5-11-8/h3-6H,1-2H3. The molecule has 0 aliphatic rings. The van der Waals surface area contributed by atoms with Gasteiger partial charge in [-0.3, -0.25) is 9.78 Å². The largest absolute Gasteiger partial charge is 0.469 e. The molecule has 70 valence electrons. The van der Waals surface area contributed by atoms with Gasteiger partial charge in [0.25, 0.3) is 0 Å². The average Bonchev–Trinajstić information content (AvgIpc) is 2.17. The number of hydrogen-bond donors (Lipinski definition) is 0. The van der Waals surface area contributed by atoms with E-state index in [0.717, 1.165) is 10.2 Å². The van der Waals surface area contributed by atoms with E-state index in [1.54, 1.807) is 19.2 Å². The third kappa shape index (κ3) is 2.52. The van der Waals surface area contributed by atoms with Gasteiger partial charge in [-0.25, -0.2) is 0 Å². The highest BCUT2D eigenvalue weighted by molar-refractivity contribution is 9.10. The molecular weight excluding hydrogens is 234 g/mol. The minimum atomic E-state index is -0.307. The Morgan fingerprint density at radius 3 is 2.77 bits per heavy atom. The number of methoxy groups -OCH3 is 1. The molecule has 13 heavy (non-hydrogen) atoms. The van der Waals surface area contributed by atoms with Crippen LogP contribution in [0.2, 0.25) is 0 Å². The molecule has 1 heterocycles. The fraction of sp³-hybridized carbons (Fsp3) is 0.333. The SMILES string of the molecule is COC(=O)C(C)c1ccc(Br)cn1. The van der Waals surface area contributed by atoms with Gasteiger partial charge in [0.2, 0.25) is 0 Å². The van der Waals surface area contributed by atoms with Gasteiger partial charge in [-0.1, -0.05) is 0 Å². The van der Waals surface area contributed by atoms with E-state index in [1.165, 1.54) is 7.11 Å². The number of halogens is 1. The number of carbonyl (C=O) groups excluding carboxylic acids is 1. The average molecular weight is 244 g/mol. The van der Waals surface area contributed by atoms with E-state index in [0.29, 0.717) is 0 Å². The van der Waals surface area contributed by atoms with Crippen LogP contribution in [0.5, 0.6) is 0 Å². The summed E-state index contributed by atoms with van der Waals surface area (Å²) in [5, 5.41) is 0. The first kappa shape index (κ1) is 10.2. The van der Waals surface area contributed by atoms with E-state index in [-0.39, 0.29) is 11.9 Å². The summed E-state index contributed by atoms with van der Waals surface area (Å²) in [5.41, 5.74) is 0.718. The van der Waals surface area contributed by atoms with Crippen molar-refractivity contribution in [2.45, 2.75) is 12.8 Å². The lowest BCUT2D eigenvalue weighted by atomic mass is 10.1. The summed E-state index contributed by atoms with van der Waals surface area (Å²) in [7, 11) is 1.37. The molecule has 0 aromatic carbocycles. The highest BCUT2D eigenvalue weighted by atomic mass is 79.9. The van der Waals surface area contributed by atoms with Crippen LogP contribution in [0.3, 0.4) is 0 Å². The molecule has 1 aromatic rings. The molecule has 1 atom stereocenters. The molecule has 0 aliphatic carbocycles. The molecule has 3 nitrogen and oxygen atoms in total. The van der Waals surface area contributed by atoms with Crippen LogP contribution >= 0.6 is 15.9 Å². The highest BCUT2D eigenvalue weighted by Gasteiger charge is 2.16. The van der Waals surface area contributed by atoms with Crippen LogP contribution in [0.15, 0.2) is 22.8 Å². The van der Waals surface area contributed by atoms with E-state index in [9.17, 15) is 4.79 Å². The first-order valence-corrected chi connectivity index (χ1v) is 4.63. The summed E-state index contributed by atoms with van der Waals surface area (Å²) < 4.78 is 5.50. The summed E-state index contributed by atoms with van der Waals surface area (Å²) in [6.45, 7) is 1.77. The second-order valence-electron chi connectivity index (χ2n) is 2.65. The molecule has 0 bridgehead atoms. The van der Waals surface area contributed by atoms with Crippen molar-refractivity contribution in [3.8, 4) is 0 Å². The van der Waals surface area contributed by atoms with Crippen LogP contribution in [-0.4, -0.2) is 18.1 Å². The first-order chi connectivity index (χ1) is 6.15. The summed E-state index contributed by atoms with van der Waals surface area (Å²) in [4.78, 5) is 15.2. The van der Waals surface area contributed by atoms with Crippen molar-refractivity contribution >= 4 is 21.9 Å². The van der Waals surface area contributed by atoms with Crippen molar-refractivity contribution in [1.82, 2.24) is 4.98 Å². The predicted molar refractivity (Wildman–Crippen MR) is 52.4 cm³/mol. The molecule has 1 unspecified atom stereocenters. The van der Waals surface area contributed by atoms with Crippen molar-refractivity contribution in [3.63, 3.8) is 0 Å². The molecule has 0 amide bonds. The molecule has 0 saturated carbocycles. The number of esters is 1. The van der Waals surface area contributed by atoms with Gasteiger partial charge < -0.3 is 4.74 Å². The monoisotopic (exact) mass is 243 g/mol. The Morgan fingerprint density at radius 1 is 1.62 bits per heavy atom. The summed E-state index contributed by atoms with van der Waals surface area (Å²) in [5.74, 6) is -0.576. The Morgan fingerprint density at radius 2 is 2.31 bits per heavy atom. The van der Waals surface area contributed by atoms with Gasteiger partial charge in [-0.2, -0.15) is 0 Å². The molecule has 0 radical (unpaired) electrons. The zero-order valence-corrected chi connectivity index (χ0v) is 9.04. The topological polar surface area (TPSA) is 39.2 Å². The number of hydrogen-bond acceptors (Lipinski definition) is 3. The van der Waals surface area contributed by atoms with Crippen molar-refractivity contribution in [2.75, 3.05) is 7.11 Å².